The molecule has 1 saturated heterocycles. The maximum absolute atomic E-state index is 6.30. The fourth-order valence-electron chi connectivity index (χ4n) is 2.65. The minimum Gasteiger partial charge on any atom is -0.493 e. The van der Waals surface area contributed by atoms with Crippen LogP contribution in [-0.2, 0) is 6.54 Å². The highest BCUT2D eigenvalue weighted by molar-refractivity contribution is 6.30. The van der Waals surface area contributed by atoms with Gasteiger partial charge in [0.2, 0.25) is 0 Å². The Kier molecular flexibility index (Phi) is 5.70. The molecule has 0 atom stereocenters. The highest BCUT2D eigenvalue weighted by Crippen LogP contribution is 2.34. The molecule has 0 aromatic heterocycles. The summed E-state index contributed by atoms with van der Waals surface area (Å²) >= 11 is 6.30. The van der Waals surface area contributed by atoms with E-state index in [4.69, 9.17) is 16.3 Å². The fourth-order valence-corrected chi connectivity index (χ4v) is 2.90. The standard InChI is InChI=1S/C16H25ClN2O/c1-4-20-16-13(11-19-7-5-18-6-8-19)9-14(17)10-15(16)12(2)3/h9-10,12,18H,4-8,11H2,1-3H3. The van der Waals surface area contributed by atoms with E-state index in [2.05, 4.69) is 30.1 Å². The second-order valence-corrected chi connectivity index (χ2v) is 6.03. The number of hydrogen-bond donors (Lipinski definition) is 1. The molecule has 1 aliphatic heterocycles. The van der Waals surface area contributed by atoms with Gasteiger partial charge in [-0.1, -0.05) is 25.4 Å². The van der Waals surface area contributed by atoms with E-state index < -0.39 is 0 Å². The maximum Gasteiger partial charge on any atom is 0.127 e. The molecule has 4 heteroatoms. The van der Waals surface area contributed by atoms with Crippen LogP contribution < -0.4 is 10.1 Å². The molecular formula is C16H25ClN2O. The van der Waals surface area contributed by atoms with Crippen molar-refractivity contribution >= 4 is 11.6 Å². The van der Waals surface area contributed by atoms with Gasteiger partial charge in [0.15, 0.2) is 0 Å². The SMILES string of the molecule is CCOc1c(CN2CCNCC2)cc(Cl)cc1C(C)C. The lowest BCUT2D eigenvalue weighted by Gasteiger charge is -2.28. The Bertz CT molecular complexity index is 442. The van der Waals surface area contributed by atoms with E-state index in [1.165, 1.54) is 11.1 Å². The Morgan fingerprint density at radius 2 is 2.00 bits per heavy atom. The molecule has 0 spiro atoms. The van der Waals surface area contributed by atoms with E-state index in [0.717, 1.165) is 43.5 Å². The van der Waals surface area contributed by atoms with E-state index in [0.29, 0.717) is 12.5 Å². The fraction of sp³-hybridized carbons (Fsp3) is 0.625. The van der Waals surface area contributed by atoms with Crippen molar-refractivity contribution in [2.45, 2.75) is 33.2 Å². The van der Waals surface area contributed by atoms with Crippen molar-refractivity contribution in [3.8, 4) is 5.75 Å². The quantitative estimate of drug-likeness (QED) is 0.902. The molecule has 20 heavy (non-hydrogen) atoms. The summed E-state index contributed by atoms with van der Waals surface area (Å²) in [5, 5.41) is 4.19. The summed E-state index contributed by atoms with van der Waals surface area (Å²) < 4.78 is 5.93. The van der Waals surface area contributed by atoms with Crippen LogP contribution in [0.25, 0.3) is 0 Å². The number of benzene rings is 1. The molecular weight excluding hydrogens is 272 g/mol. The molecule has 3 nitrogen and oxygen atoms in total. The maximum atomic E-state index is 6.30. The van der Waals surface area contributed by atoms with Gasteiger partial charge in [0.25, 0.3) is 0 Å². The van der Waals surface area contributed by atoms with Crippen LogP contribution in [-0.4, -0.2) is 37.7 Å². The molecule has 0 radical (unpaired) electrons. The van der Waals surface area contributed by atoms with Crippen molar-refractivity contribution in [3.63, 3.8) is 0 Å². The third-order valence-corrected chi connectivity index (χ3v) is 3.89. The first-order chi connectivity index (χ1) is 9.61. The van der Waals surface area contributed by atoms with Gasteiger partial charge in [-0.05, 0) is 30.5 Å². The lowest BCUT2D eigenvalue weighted by atomic mass is 9.98. The van der Waals surface area contributed by atoms with Gasteiger partial charge in [0, 0.05) is 43.3 Å². The minimum atomic E-state index is 0.414. The number of nitrogens with one attached hydrogen (secondary N) is 1. The topological polar surface area (TPSA) is 24.5 Å². The van der Waals surface area contributed by atoms with E-state index in [1.807, 2.05) is 13.0 Å². The molecule has 0 amide bonds. The summed E-state index contributed by atoms with van der Waals surface area (Å²) in [6, 6.07) is 4.10. The average Bonchev–Trinajstić information content (AvgIpc) is 2.42. The van der Waals surface area contributed by atoms with Gasteiger partial charge >= 0.3 is 0 Å². The van der Waals surface area contributed by atoms with Crippen molar-refractivity contribution in [1.82, 2.24) is 10.2 Å². The predicted octanol–water partition coefficient (Wildman–Crippen LogP) is 3.27. The van der Waals surface area contributed by atoms with Crippen LogP contribution in [0.2, 0.25) is 5.02 Å². The van der Waals surface area contributed by atoms with Crippen LogP contribution in [0, 0.1) is 0 Å². The molecule has 1 N–H and O–H groups in total. The zero-order chi connectivity index (χ0) is 14.5. The largest absolute Gasteiger partial charge is 0.493 e. The number of piperazine rings is 1. The number of rotatable bonds is 5. The van der Waals surface area contributed by atoms with Crippen LogP contribution in [0.1, 0.15) is 37.8 Å². The van der Waals surface area contributed by atoms with Gasteiger partial charge in [-0.15, -0.1) is 0 Å². The second-order valence-electron chi connectivity index (χ2n) is 5.60. The van der Waals surface area contributed by atoms with Crippen LogP contribution >= 0.6 is 11.6 Å². The van der Waals surface area contributed by atoms with Crippen molar-refractivity contribution in [2.75, 3.05) is 32.8 Å². The third-order valence-electron chi connectivity index (χ3n) is 3.67. The van der Waals surface area contributed by atoms with Gasteiger partial charge in [0.05, 0.1) is 6.61 Å². The lowest BCUT2D eigenvalue weighted by Crippen LogP contribution is -2.42. The number of ether oxygens (including phenoxy) is 1. The molecule has 0 aliphatic carbocycles. The Labute approximate surface area is 127 Å². The molecule has 1 aromatic carbocycles. The van der Waals surface area contributed by atoms with Gasteiger partial charge in [-0.2, -0.15) is 0 Å². The zero-order valence-electron chi connectivity index (χ0n) is 12.7. The first kappa shape index (κ1) is 15.6. The number of hydrogen-bond acceptors (Lipinski definition) is 3. The van der Waals surface area contributed by atoms with E-state index in [-0.39, 0.29) is 0 Å². The highest BCUT2D eigenvalue weighted by Gasteiger charge is 2.18. The van der Waals surface area contributed by atoms with Gasteiger partial charge in [-0.3, -0.25) is 4.90 Å². The summed E-state index contributed by atoms with van der Waals surface area (Å²) in [6.07, 6.45) is 0. The number of halogens is 1. The predicted molar refractivity (Wildman–Crippen MR) is 84.9 cm³/mol. The average molecular weight is 297 g/mol. The van der Waals surface area contributed by atoms with Crippen LogP contribution in [0.5, 0.6) is 5.75 Å². The van der Waals surface area contributed by atoms with Gasteiger partial charge in [0.1, 0.15) is 5.75 Å². The summed E-state index contributed by atoms with van der Waals surface area (Å²) in [6.45, 7) is 12.3. The van der Waals surface area contributed by atoms with Crippen molar-refractivity contribution < 1.29 is 4.74 Å². The molecule has 1 heterocycles. The molecule has 2 rings (SSSR count). The van der Waals surface area contributed by atoms with E-state index >= 15 is 0 Å². The normalized spacial score (nSPS) is 16.6. The summed E-state index contributed by atoms with van der Waals surface area (Å²) in [4.78, 5) is 2.45. The molecule has 1 aromatic rings. The summed E-state index contributed by atoms with van der Waals surface area (Å²) in [7, 11) is 0. The van der Waals surface area contributed by atoms with Crippen LogP contribution in [0.4, 0.5) is 0 Å². The Hall–Kier alpha value is -0.770. The minimum absolute atomic E-state index is 0.414. The summed E-state index contributed by atoms with van der Waals surface area (Å²) in [5.74, 6) is 1.45. The smallest absolute Gasteiger partial charge is 0.127 e. The van der Waals surface area contributed by atoms with Crippen LogP contribution in [0.15, 0.2) is 12.1 Å². The van der Waals surface area contributed by atoms with E-state index in [1.54, 1.807) is 0 Å². The molecule has 1 fully saturated rings. The Morgan fingerprint density at radius 1 is 1.30 bits per heavy atom. The molecule has 0 bridgehead atoms. The molecule has 112 valence electrons. The van der Waals surface area contributed by atoms with Crippen LogP contribution in [0.3, 0.4) is 0 Å². The van der Waals surface area contributed by atoms with Crippen molar-refractivity contribution in [1.29, 1.82) is 0 Å². The lowest BCUT2D eigenvalue weighted by molar-refractivity contribution is 0.228. The Morgan fingerprint density at radius 3 is 2.60 bits per heavy atom. The van der Waals surface area contributed by atoms with E-state index in [9.17, 15) is 0 Å². The zero-order valence-corrected chi connectivity index (χ0v) is 13.5. The third kappa shape index (κ3) is 3.87. The number of nitrogens with zero attached hydrogens (tertiary/aromatic N) is 1. The summed E-state index contributed by atoms with van der Waals surface area (Å²) in [5.41, 5.74) is 2.43. The first-order valence-electron chi connectivity index (χ1n) is 7.50. The van der Waals surface area contributed by atoms with Crippen molar-refractivity contribution in [3.05, 3.63) is 28.3 Å². The van der Waals surface area contributed by atoms with Crippen molar-refractivity contribution in [2.24, 2.45) is 0 Å². The van der Waals surface area contributed by atoms with Gasteiger partial charge in [-0.25, -0.2) is 0 Å². The second kappa shape index (κ2) is 7.30. The molecule has 0 saturated carbocycles. The Balaban J connectivity index is 2.28. The molecule has 0 unspecified atom stereocenters. The monoisotopic (exact) mass is 296 g/mol. The molecule has 1 aliphatic rings. The van der Waals surface area contributed by atoms with Gasteiger partial charge < -0.3 is 10.1 Å². The highest BCUT2D eigenvalue weighted by atomic mass is 35.5. The first-order valence-corrected chi connectivity index (χ1v) is 7.87.